The first kappa shape index (κ1) is 9.00. The molecule has 4 heteroatoms. The zero-order chi connectivity index (χ0) is 9.26. The maximum Gasteiger partial charge on any atom is 0.152 e. The van der Waals surface area contributed by atoms with E-state index in [9.17, 15) is 0 Å². The fourth-order valence-corrected chi connectivity index (χ4v) is 2.09. The van der Waals surface area contributed by atoms with Crippen LogP contribution in [0.1, 0.15) is 0 Å². The first-order valence-corrected chi connectivity index (χ1v) is 5.11. The second kappa shape index (κ2) is 3.66. The largest absolute Gasteiger partial charge is 0.241 e. The Kier molecular flexibility index (Phi) is 2.54. The molecule has 0 saturated carbocycles. The Morgan fingerprint density at radius 3 is 2.38 bits per heavy atom. The number of rotatable bonds is 1. The molecular formula is C9H4Cl2NS. The Balaban J connectivity index is 2.53. The van der Waals surface area contributed by atoms with Gasteiger partial charge in [0, 0.05) is 16.2 Å². The minimum Gasteiger partial charge on any atom is -0.241 e. The van der Waals surface area contributed by atoms with Crippen molar-refractivity contribution in [3.63, 3.8) is 0 Å². The first-order chi connectivity index (χ1) is 6.25. The number of aromatic nitrogens is 1. The Morgan fingerprint density at radius 2 is 1.85 bits per heavy atom. The summed E-state index contributed by atoms with van der Waals surface area (Å²) in [5.74, 6) is 0. The van der Waals surface area contributed by atoms with Crippen molar-refractivity contribution in [1.82, 2.24) is 4.98 Å². The average Bonchev–Trinajstić information content (AvgIpc) is 2.53. The summed E-state index contributed by atoms with van der Waals surface area (Å²) in [4.78, 5) is 4.88. The molecule has 1 aromatic heterocycles. The molecule has 0 aliphatic rings. The van der Waals surface area contributed by atoms with E-state index in [1.165, 1.54) is 11.3 Å². The van der Waals surface area contributed by atoms with Crippen LogP contribution in [0.25, 0.3) is 10.4 Å². The van der Waals surface area contributed by atoms with E-state index < -0.39 is 0 Å². The third-order valence-electron chi connectivity index (χ3n) is 1.54. The highest BCUT2D eigenvalue weighted by Crippen LogP contribution is 2.28. The maximum atomic E-state index is 5.86. The smallest absolute Gasteiger partial charge is 0.152 e. The lowest BCUT2D eigenvalue weighted by atomic mass is 10.2. The third-order valence-corrected chi connectivity index (χ3v) is 2.73. The Labute approximate surface area is 90.0 Å². The molecule has 1 aromatic carbocycles. The highest BCUT2D eigenvalue weighted by atomic mass is 35.5. The van der Waals surface area contributed by atoms with Gasteiger partial charge in [0.05, 0.1) is 4.88 Å². The van der Waals surface area contributed by atoms with Gasteiger partial charge in [0.2, 0.25) is 0 Å². The van der Waals surface area contributed by atoms with Crippen molar-refractivity contribution < 1.29 is 0 Å². The number of thiazole rings is 1. The molecule has 0 aliphatic carbocycles. The molecule has 0 N–H and O–H groups in total. The van der Waals surface area contributed by atoms with Crippen LogP contribution in [0.15, 0.2) is 24.4 Å². The summed E-state index contributed by atoms with van der Waals surface area (Å²) in [6.07, 6.45) is 1.74. The second-order valence-electron chi connectivity index (χ2n) is 2.47. The summed E-state index contributed by atoms with van der Waals surface area (Å²) in [5.41, 5.74) is 3.76. The van der Waals surface area contributed by atoms with Crippen molar-refractivity contribution in [2.24, 2.45) is 0 Å². The van der Waals surface area contributed by atoms with Gasteiger partial charge < -0.3 is 0 Å². The Morgan fingerprint density at radius 1 is 1.15 bits per heavy atom. The fourth-order valence-electron chi connectivity index (χ4n) is 1.02. The summed E-state index contributed by atoms with van der Waals surface area (Å²) >= 11 is 13.2. The van der Waals surface area contributed by atoms with Crippen molar-refractivity contribution in [2.45, 2.75) is 0 Å². The van der Waals surface area contributed by atoms with Crippen LogP contribution in [0, 0.1) is 5.51 Å². The van der Waals surface area contributed by atoms with Crippen LogP contribution in [0.4, 0.5) is 0 Å². The van der Waals surface area contributed by atoms with E-state index in [4.69, 9.17) is 23.2 Å². The lowest BCUT2D eigenvalue weighted by Gasteiger charge is -1.98. The molecule has 1 radical (unpaired) electrons. The summed E-state index contributed by atoms with van der Waals surface area (Å²) < 4.78 is 0. The predicted molar refractivity (Wildman–Crippen MR) is 56.4 cm³/mol. The van der Waals surface area contributed by atoms with E-state index in [2.05, 4.69) is 10.5 Å². The van der Waals surface area contributed by atoms with Crippen LogP contribution in [0.2, 0.25) is 10.0 Å². The van der Waals surface area contributed by atoms with Gasteiger partial charge in [-0.1, -0.05) is 23.2 Å². The standard InChI is InChI=1S/C9H4Cl2NS/c10-7-1-6(2-8(11)3-7)9-4-12-5-13-9/h1-4H. The molecule has 2 aromatic rings. The molecule has 65 valence electrons. The summed E-state index contributed by atoms with van der Waals surface area (Å²) in [7, 11) is 0. The normalized spacial score (nSPS) is 10.3. The minimum absolute atomic E-state index is 0.635. The van der Waals surface area contributed by atoms with Crippen LogP contribution in [0.3, 0.4) is 0 Å². The Hall–Kier alpha value is -0.570. The monoisotopic (exact) mass is 228 g/mol. The molecule has 2 rings (SSSR count). The van der Waals surface area contributed by atoms with Crippen molar-refractivity contribution in [3.05, 3.63) is 40.0 Å². The summed E-state index contributed by atoms with van der Waals surface area (Å²) in [5, 5.41) is 1.27. The minimum atomic E-state index is 0.635. The van der Waals surface area contributed by atoms with Gasteiger partial charge in [0.1, 0.15) is 0 Å². The van der Waals surface area contributed by atoms with E-state index in [0.29, 0.717) is 10.0 Å². The summed E-state index contributed by atoms with van der Waals surface area (Å²) in [6, 6.07) is 5.42. The molecule has 0 unspecified atom stereocenters. The van der Waals surface area contributed by atoms with Gasteiger partial charge in [-0.2, -0.15) is 0 Å². The second-order valence-corrected chi connectivity index (χ2v) is 4.17. The molecule has 0 fully saturated rings. The number of hydrogen-bond acceptors (Lipinski definition) is 2. The molecular weight excluding hydrogens is 225 g/mol. The molecule has 0 bridgehead atoms. The molecule has 0 amide bonds. The van der Waals surface area contributed by atoms with Gasteiger partial charge in [0.25, 0.3) is 0 Å². The Bertz CT molecular complexity index is 391. The van der Waals surface area contributed by atoms with Crippen LogP contribution in [-0.2, 0) is 0 Å². The van der Waals surface area contributed by atoms with E-state index >= 15 is 0 Å². The van der Waals surface area contributed by atoms with E-state index in [1.54, 1.807) is 12.3 Å². The van der Waals surface area contributed by atoms with Gasteiger partial charge in [-0.15, -0.1) is 11.3 Å². The molecule has 1 nitrogen and oxygen atoms in total. The van der Waals surface area contributed by atoms with E-state index in [0.717, 1.165) is 10.4 Å². The zero-order valence-electron chi connectivity index (χ0n) is 6.42. The molecule has 13 heavy (non-hydrogen) atoms. The van der Waals surface area contributed by atoms with Crippen molar-refractivity contribution in [1.29, 1.82) is 0 Å². The number of halogens is 2. The molecule has 0 saturated heterocycles. The van der Waals surface area contributed by atoms with Gasteiger partial charge in [-0.3, -0.25) is 0 Å². The highest BCUT2D eigenvalue weighted by Gasteiger charge is 2.02. The van der Waals surface area contributed by atoms with E-state index in [1.807, 2.05) is 12.1 Å². The van der Waals surface area contributed by atoms with Crippen molar-refractivity contribution >= 4 is 34.5 Å². The lowest BCUT2D eigenvalue weighted by molar-refractivity contribution is 1.41. The number of benzene rings is 1. The first-order valence-electron chi connectivity index (χ1n) is 3.54. The molecule has 0 atom stereocenters. The van der Waals surface area contributed by atoms with E-state index in [-0.39, 0.29) is 0 Å². The van der Waals surface area contributed by atoms with Gasteiger partial charge in [0.15, 0.2) is 5.51 Å². The zero-order valence-corrected chi connectivity index (χ0v) is 8.75. The van der Waals surface area contributed by atoms with Gasteiger partial charge in [-0.25, -0.2) is 4.98 Å². The predicted octanol–water partition coefficient (Wildman–Crippen LogP) is 3.92. The van der Waals surface area contributed by atoms with Crippen LogP contribution in [-0.4, -0.2) is 4.98 Å². The van der Waals surface area contributed by atoms with Crippen molar-refractivity contribution in [3.8, 4) is 10.4 Å². The van der Waals surface area contributed by atoms with Gasteiger partial charge >= 0.3 is 0 Å². The quantitative estimate of drug-likeness (QED) is 0.722. The average molecular weight is 229 g/mol. The maximum absolute atomic E-state index is 5.86. The van der Waals surface area contributed by atoms with Crippen LogP contribution < -0.4 is 0 Å². The van der Waals surface area contributed by atoms with Crippen LogP contribution in [0.5, 0.6) is 0 Å². The molecule has 0 aliphatic heterocycles. The lowest BCUT2D eigenvalue weighted by Crippen LogP contribution is -1.73. The topological polar surface area (TPSA) is 12.9 Å². The number of nitrogens with zero attached hydrogens (tertiary/aromatic N) is 1. The fraction of sp³-hybridized carbons (Fsp3) is 0. The SMILES string of the molecule is Clc1cc(Cl)cc(-c2cn[c]s2)c1. The number of hydrogen-bond donors (Lipinski definition) is 0. The van der Waals surface area contributed by atoms with Gasteiger partial charge in [-0.05, 0) is 23.8 Å². The highest BCUT2D eigenvalue weighted by molar-refractivity contribution is 7.12. The van der Waals surface area contributed by atoms with Crippen molar-refractivity contribution in [2.75, 3.05) is 0 Å². The molecule has 1 heterocycles. The third kappa shape index (κ3) is 2.02. The molecule has 0 spiro atoms. The summed E-state index contributed by atoms with van der Waals surface area (Å²) in [6.45, 7) is 0. The van der Waals surface area contributed by atoms with Crippen LogP contribution >= 0.6 is 34.5 Å².